The molecule has 0 saturated carbocycles. The number of hydrogen-bond acceptors (Lipinski definition) is 3. The fourth-order valence-corrected chi connectivity index (χ4v) is 0.748. The van der Waals surface area contributed by atoms with E-state index in [0.29, 0.717) is 0 Å². The molecule has 7 heteroatoms. The standard InChI is InChI=1S/C8H14F2N2O3/c1-5(13)11-3-2-7(15)12-4-6(14)8(9)10/h6,8,14H,2-4H2,1H3,(H,11,13)(H,12,15). The Labute approximate surface area is 85.8 Å². The first-order chi connectivity index (χ1) is 6.93. The molecule has 0 saturated heterocycles. The number of rotatable bonds is 6. The fourth-order valence-electron chi connectivity index (χ4n) is 0.748. The van der Waals surface area contributed by atoms with Gasteiger partial charge in [-0.15, -0.1) is 0 Å². The van der Waals surface area contributed by atoms with Crippen LogP contribution >= 0.6 is 0 Å². The highest BCUT2D eigenvalue weighted by atomic mass is 19.3. The van der Waals surface area contributed by atoms with E-state index in [4.69, 9.17) is 5.11 Å². The minimum atomic E-state index is -2.87. The van der Waals surface area contributed by atoms with Crippen molar-refractivity contribution in [2.45, 2.75) is 25.9 Å². The second-order valence-corrected chi connectivity index (χ2v) is 2.94. The molecule has 0 fully saturated rings. The van der Waals surface area contributed by atoms with Gasteiger partial charge in [-0.2, -0.15) is 0 Å². The molecule has 0 aromatic rings. The van der Waals surface area contributed by atoms with Crippen molar-refractivity contribution in [3.8, 4) is 0 Å². The van der Waals surface area contributed by atoms with E-state index in [9.17, 15) is 18.4 Å². The van der Waals surface area contributed by atoms with Crippen LogP contribution in [0, 0.1) is 0 Å². The summed E-state index contributed by atoms with van der Waals surface area (Å²) < 4.78 is 23.6. The van der Waals surface area contributed by atoms with Crippen LogP contribution in [0.15, 0.2) is 0 Å². The molecule has 0 spiro atoms. The molecule has 0 aliphatic carbocycles. The van der Waals surface area contributed by atoms with Gasteiger partial charge in [0.05, 0.1) is 0 Å². The lowest BCUT2D eigenvalue weighted by atomic mass is 10.3. The lowest BCUT2D eigenvalue weighted by Crippen LogP contribution is -2.37. The Hall–Kier alpha value is -1.24. The van der Waals surface area contributed by atoms with Crippen LogP contribution in [0.25, 0.3) is 0 Å². The van der Waals surface area contributed by atoms with Gasteiger partial charge in [-0.05, 0) is 0 Å². The highest BCUT2D eigenvalue weighted by Gasteiger charge is 2.17. The zero-order valence-electron chi connectivity index (χ0n) is 8.30. The van der Waals surface area contributed by atoms with Crippen molar-refractivity contribution in [1.29, 1.82) is 0 Å². The molecule has 2 amide bonds. The zero-order chi connectivity index (χ0) is 11.8. The summed E-state index contributed by atoms with van der Waals surface area (Å²) in [6.07, 6.45) is -4.73. The Kier molecular flexibility index (Phi) is 6.52. The summed E-state index contributed by atoms with van der Waals surface area (Å²) in [7, 11) is 0. The van der Waals surface area contributed by atoms with Gasteiger partial charge in [-0.1, -0.05) is 0 Å². The first-order valence-corrected chi connectivity index (χ1v) is 4.41. The van der Waals surface area contributed by atoms with Gasteiger partial charge < -0.3 is 15.7 Å². The molecule has 5 nitrogen and oxygen atoms in total. The number of amides is 2. The van der Waals surface area contributed by atoms with E-state index in [2.05, 4.69) is 10.6 Å². The Balaban J connectivity index is 3.53. The largest absolute Gasteiger partial charge is 0.385 e. The van der Waals surface area contributed by atoms with Crippen molar-refractivity contribution in [3.63, 3.8) is 0 Å². The third-order valence-electron chi connectivity index (χ3n) is 1.53. The van der Waals surface area contributed by atoms with Gasteiger partial charge in [-0.3, -0.25) is 9.59 Å². The summed E-state index contributed by atoms with van der Waals surface area (Å²) in [4.78, 5) is 21.3. The van der Waals surface area contributed by atoms with Gasteiger partial charge in [0.1, 0.15) is 6.10 Å². The lowest BCUT2D eigenvalue weighted by Gasteiger charge is -2.10. The van der Waals surface area contributed by atoms with Crippen molar-refractivity contribution in [1.82, 2.24) is 10.6 Å². The SMILES string of the molecule is CC(=O)NCCC(=O)NCC(O)C(F)F. The molecule has 0 aliphatic heterocycles. The van der Waals surface area contributed by atoms with Crippen molar-refractivity contribution in [2.24, 2.45) is 0 Å². The molecule has 3 N–H and O–H groups in total. The monoisotopic (exact) mass is 224 g/mol. The van der Waals surface area contributed by atoms with Gasteiger partial charge in [0.2, 0.25) is 11.8 Å². The van der Waals surface area contributed by atoms with E-state index in [-0.39, 0.29) is 18.9 Å². The average Bonchev–Trinajstić information content (AvgIpc) is 2.13. The number of halogens is 2. The average molecular weight is 224 g/mol. The highest BCUT2D eigenvalue weighted by molar-refractivity contribution is 5.77. The smallest absolute Gasteiger partial charge is 0.265 e. The summed E-state index contributed by atoms with van der Waals surface area (Å²) in [5.41, 5.74) is 0. The molecule has 1 atom stereocenters. The highest BCUT2D eigenvalue weighted by Crippen LogP contribution is 1.98. The Bertz CT molecular complexity index is 224. The molecule has 0 aliphatic rings. The quantitative estimate of drug-likeness (QED) is 0.555. The fraction of sp³-hybridized carbons (Fsp3) is 0.750. The lowest BCUT2D eigenvalue weighted by molar-refractivity contribution is -0.122. The van der Waals surface area contributed by atoms with Crippen LogP contribution in [0.4, 0.5) is 8.78 Å². The predicted molar refractivity (Wildman–Crippen MR) is 48.3 cm³/mol. The molecule has 15 heavy (non-hydrogen) atoms. The van der Waals surface area contributed by atoms with Crippen LogP contribution in [-0.2, 0) is 9.59 Å². The molecule has 0 aromatic carbocycles. The predicted octanol–water partition coefficient (Wildman–Crippen LogP) is -0.745. The minimum Gasteiger partial charge on any atom is -0.385 e. The molecule has 0 heterocycles. The Morgan fingerprint density at radius 2 is 1.93 bits per heavy atom. The molecule has 0 radical (unpaired) electrons. The van der Waals surface area contributed by atoms with E-state index >= 15 is 0 Å². The zero-order valence-corrected chi connectivity index (χ0v) is 8.30. The van der Waals surface area contributed by atoms with Crippen molar-refractivity contribution in [2.75, 3.05) is 13.1 Å². The molecule has 0 bridgehead atoms. The summed E-state index contributed by atoms with van der Waals surface area (Å²) in [5, 5.41) is 13.1. The number of hydrogen-bond donors (Lipinski definition) is 3. The van der Waals surface area contributed by atoms with Gasteiger partial charge in [0.15, 0.2) is 0 Å². The molecular weight excluding hydrogens is 210 g/mol. The van der Waals surface area contributed by atoms with E-state index in [1.54, 1.807) is 0 Å². The first kappa shape index (κ1) is 13.8. The van der Waals surface area contributed by atoms with Gasteiger partial charge >= 0.3 is 0 Å². The van der Waals surface area contributed by atoms with Gasteiger partial charge in [0.25, 0.3) is 6.43 Å². The van der Waals surface area contributed by atoms with E-state index in [0.717, 1.165) is 0 Å². The maximum Gasteiger partial charge on any atom is 0.265 e. The first-order valence-electron chi connectivity index (χ1n) is 4.41. The third-order valence-corrected chi connectivity index (χ3v) is 1.53. The second-order valence-electron chi connectivity index (χ2n) is 2.94. The van der Waals surface area contributed by atoms with Crippen LogP contribution in [0.2, 0.25) is 0 Å². The summed E-state index contributed by atoms with van der Waals surface area (Å²) in [5.74, 6) is -0.765. The van der Waals surface area contributed by atoms with Crippen molar-refractivity contribution in [3.05, 3.63) is 0 Å². The van der Waals surface area contributed by atoms with Gasteiger partial charge in [0, 0.05) is 26.4 Å². The maximum absolute atomic E-state index is 11.8. The van der Waals surface area contributed by atoms with Crippen LogP contribution in [0.3, 0.4) is 0 Å². The summed E-state index contributed by atoms with van der Waals surface area (Å²) in [6, 6.07) is 0. The minimum absolute atomic E-state index is 0.00443. The van der Waals surface area contributed by atoms with E-state index in [1.165, 1.54) is 6.92 Å². The summed E-state index contributed by atoms with van der Waals surface area (Å²) in [6.45, 7) is 0.959. The van der Waals surface area contributed by atoms with Crippen molar-refractivity contribution < 1.29 is 23.5 Å². The number of aliphatic hydroxyl groups excluding tert-OH is 1. The molecule has 0 rings (SSSR count). The molecule has 88 valence electrons. The number of alkyl halides is 2. The van der Waals surface area contributed by atoms with Crippen LogP contribution in [-0.4, -0.2) is 42.5 Å². The molecular formula is C8H14F2N2O3. The maximum atomic E-state index is 11.8. The number of carbonyl (C=O) groups excluding carboxylic acids is 2. The van der Waals surface area contributed by atoms with Crippen LogP contribution in [0.1, 0.15) is 13.3 Å². The Morgan fingerprint density at radius 3 is 2.40 bits per heavy atom. The third kappa shape index (κ3) is 7.80. The molecule has 1 unspecified atom stereocenters. The summed E-state index contributed by atoms with van der Waals surface area (Å²) >= 11 is 0. The van der Waals surface area contributed by atoms with Crippen LogP contribution < -0.4 is 10.6 Å². The number of carbonyl (C=O) groups is 2. The number of nitrogens with one attached hydrogen (secondary N) is 2. The Morgan fingerprint density at radius 1 is 1.33 bits per heavy atom. The van der Waals surface area contributed by atoms with Gasteiger partial charge in [-0.25, -0.2) is 8.78 Å². The number of aliphatic hydroxyl groups is 1. The normalized spacial score (nSPS) is 12.3. The second kappa shape index (κ2) is 7.10. The van der Waals surface area contributed by atoms with E-state index < -0.39 is 25.0 Å². The molecule has 0 aromatic heterocycles. The van der Waals surface area contributed by atoms with E-state index in [1.807, 2.05) is 0 Å². The van der Waals surface area contributed by atoms with Crippen LogP contribution in [0.5, 0.6) is 0 Å². The van der Waals surface area contributed by atoms with Crippen molar-refractivity contribution >= 4 is 11.8 Å². The topological polar surface area (TPSA) is 78.4 Å².